The number of methoxy groups -OCH3 is 2. The quantitative estimate of drug-likeness (QED) is 0.294. The minimum absolute atomic E-state index is 0.0847. The Morgan fingerprint density at radius 1 is 0.800 bits per heavy atom. The molecule has 2 fully saturated rings. The fourth-order valence-electron chi connectivity index (χ4n) is 6.23. The maximum absolute atomic E-state index is 14.0. The van der Waals surface area contributed by atoms with Crippen LogP contribution in [0.1, 0.15) is 49.7 Å². The van der Waals surface area contributed by atoms with Crippen molar-refractivity contribution in [2.75, 3.05) is 60.1 Å². The Morgan fingerprint density at radius 3 is 2.02 bits per heavy atom. The van der Waals surface area contributed by atoms with Gasteiger partial charge in [-0.05, 0) is 108 Å². The number of aryl methyl sites for hydroxylation is 2. The van der Waals surface area contributed by atoms with Gasteiger partial charge in [0, 0.05) is 30.8 Å². The molecule has 8 heteroatoms. The average molecular weight is 549 g/mol. The van der Waals surface area contributed by atoms with Gasteiger partial charge in [0.2, 0.25) is 0 Å². The van der Waals surface area contributed by atoms with Crippen molar-refractivity contribution < 1.29 is 14.2 Å². The molecule has 3 aromatic rings. The number of aromatic nitrogens is 2. The molecule has 0 aliphatic carbocycles. The Balaban J connectivity index is 1.46. The van der Waals surface area contributed by atoms with Crippen molar-refractivity contribution in [2.24, 2.45) is 0 Å². The molecule has 3 heterocycles. The van der Waals surface area contributed by atoms with Gasteiger partial charge in [0.15, 0.2) is 0 Å². The summed E-state index contributed by atoms with van der Waals surface area (Å²) in [4.78, 5) is 24.1. The van der Waals surface area contributed by atoms with Crippen molar-refractivity contribution in [3.05, 3.63) is 45.7 Å². The van der Waals surface area contributed by atoms with Crippen LogP contribution < -0.4 is 19.8 Å². The molecule has 0 atom stereocenters. The predicted octanol–water partition coefficient (Wildman–Crippen LogP) is 5.05. The fourth-order valence-corrected chi connectivity index (χ4v) is 6.23. The normalized spacial score (nSPS) is 16.2. The van der Waals surface area contributed by atoms with Crippen molar-refractivity contribution in [1.82, 2.24) is 19.4 Å². The maximum Gasteiger partial charge on any atom is 0.265 e. The van der Waals surface area contributed by atoms with Crippen molar-refractivity contribution in [1.29, 1.82) is 0 Å². The van der Waals surface area contributed by atoms with Gasteiger partial charge in [0.25, 0.3) is 5.56 Å². The molecule has 2 saturated heterocycles. The lowest BCUT2D eigenvalue weighted by Crippen LogP contribution is -2.27. The van der Waals surface area contributed by atoms with Gasteiger partial charge in [-0.25, -0.2) is 4.98 Å². The first-order chi connectivity index (χ1) is 19.5. The zero-order valence-electron chi connectivity index (χ0n) is 24.6. The fraction of sp³-hybridized carbons (Fsp3) is 0.562. The minimum Gasteiger partial charge on any atom is -0.497 e. The first-order valence-corrected chi connectivity index (χ1v) is 14.8. The first kappa shape index (κ1) is 28.4. The summed E-state index contributed by atoms with van der Waals surface area (Å²) in [5.74, 6) is 2.69. The molecule has 2 aromatic carbocycles. The molecule has 0 radical (unpaired) electrons. The number of fused-ring (bicyclic) bond motifs is 1. The monoisotopic (exact) mass is 548 g/mol. The van der Waals surface area contributed by atoms with Crippen molar-refractivity contribution in [3.8, 4) is 28.6 Å². The Morgan fingerprint density at radius 2 is 1.43 bits per heavy atom. The van der Waals surface area contributed by atoms with E-state index in [-0.39, 0.29) is 5.56 Å². The summed E-state index contributed by atoms with van der Waals surface area (Å²) in [7, 11) is 3.19. The van der Waals surface area contributed by atoms with Crippen LogP contribution in [0.3, 0.4) is 0 Å². The van der Waals surface area contributed by atoms with Crippen LogP contribution in [0.15, 0.2) is 29.1 Å². The molecule has 1 aromatic heterocycles. The molecule has 5 rings (SSSR count). The van der Waals surface area contributed by atoms with E-state index in [1.807, 2.05) is 10.6 Å². The lowest BCUT2D eigenvalue weighted by molar-refractivity contribution is 0.261. The SMILES string of the molecule is COc1cc(OC)c2c(=O)n(CCCN3CCCC3)c(-c3cc(C)c(OCCCN4CCCC4)c(C)c3)nc2c1. The molecule has 0 N–H and O–H groups in total. The van der Waals surface area contributed by atoms with E-state index in [4.69, 9.17) is 19.2 Å². The summed E-state index contributed by atoms with van der Waals surface area (Å²) in [6.45, 7) is 12.2. The molecule has 2 aliphatic rings. The summed E-state index contributed by atoms with van der Waals surface area (Å²) >= 11 is 0. The smallest absolute Gasteiger partial charge is 0.265 e. The lowest BCUT2D eigenvalue weighted by Gasteiger charge is -2.20. The second kappa shape index (κ2) is 13.0. The Kier molecular flexibility index (Phi) is 9.27. The summed E-state index contributed by atoms with van der Waals surface area (Å²) in [5, 5.41) is 0.486. The van der Waals surface area contributed by atoms with Gasteiger partial charge in [0.05, 0.1) is 26.3 Å². The molecule has 0 spiro atoms. The maximum atomic E-state index is 14.0. The highest BCUT2D eigenvalue weighted by Crippen LogP contribution is 2.33. The largest absolute Gasteiger partial charge is 0.497 e. The van der Waals surface area contributed by atoms with E-state index in [0.717, 1.165) is 61.5 Å². The number of likely N-dealkylation sites (tertiary alicyclic amines) is 2. The average Bonchev–Trinajstić information content (AvgIpc) is 3.67. The van der Waals surface area contributed by atoms with E-state index in [9.17, 15) is 4.79 Å². The third-order valence-corrected chi connectivity index (χ3v) is 8.29. The Hall–Kier alpha value is -3.10. The molecule has 8 nitrogen and oxygen atoms in total. The standard InChI is InChI=1S/C32H44N4O4/c1-23-19-25(20-24(2)30(23)40-18-10-16-35-13-7-8-14-35)31-33-27-21-26(38-3)22-28(39-4)29(27)32(37)36(31)17-9-15-34-11-5-6-12-34/h19-22H,5-18H2,1-4H3. The van der Waals surface area contributed by atoms with Crippen LogP contribution in [-0.4, -0.2) is 79.4 Å². The zero-order valence-corrected chi connectivity index (χ0v) is 24.6. The third-order valence-electron chi connectivity index (χ3n) is 8.29. The van der Waals surface area contributed by atoms with Crippen LogP contribution in [-0.2, 0) is 6.54 Å². The van der Waals surface area contributed by atoms with Crippen LogP contribution in [0.5, 0.6) is 17.2 Å². The van der Waals surface area contributed by atoms with Crippen LogP contribution in [0.2, 0.25) is 0 Å². The van der Waals surface area contributed by atoms with Gasteiger partial charge in [0.1, 0.15) is 28.5 Å². The van der Waals surface area contributed by atoms with E-state index in [2.05, 4.69) is 35.8 Å². The Labute approximate surface area is 237 Å². The molecule has 0 bridgehead atoms. The third kappa shape index (κ3) is 6.28. The summed E-state index contributed by atoms with van der Waals surface area (Å²) in [6, 6.07) is 7.77. The zero-order chi connectivity index (χ0) is 28.1. The van der Waals surface area contributed by atoms with Crippen molar-refractivity contribution >= 4 is 10.9 Å². The number of hydrogen-bond acceptors (Lipinski definition) is 7. The van der Waals surface area contributed by atoms with E-state index in [0.29, 0.717) is 41.4 Å². The van der Waals surface area contributed by atoms with Gasteiger partial charge >= 0.3 is 0 Å². The van der Waals surface area contributed by atoms with Crippen molar-refractivity contribution in [2.45, 2.75) is 58.9 Å². The Bertz CT molecular complexity index is 1350. The molecular formula is C32H44N4O4. The minimum atomic E-state index is -0.0847. The van der Waals surface area contributed by atoms with Gasteiger partial charge in [-0.1, -0.05) is 0 Å². The number of hydrogen-bond donors (Lipinski definition) is 0. The highest BCUT2D eigenvalue weighted by atomic mass is 16.5. The van der Waals surface area contributed by atoms with Gasteiger partial charge < -0.3 is 24.0 Å². The highest BCUT2D eigenvalue weighted by molar-refractivity contribution is 5.87. The second-order valence-electron chi connectivity index (χ2n) is 11.2. The van der Waals surface area contributed by atoms with Crippen LogP contribution in [0.25, 0.3) is 22.3 Å². The number of ether oxygens (including phenoxy) is 3. The first-order valence-electron chi connectivity index (χ1n) is 14.8. The predicted molar refractivity (Wildman–Crippen MR) is 160 cm³/mol. The lowest BCUT2D eigenvalue weighted by atomic mass is 10.0. The highest BCUT2D eigenvalue weighted by Gasteiger charge is 2.20. The molecule has 0 unspecified atom stereocenters. The second-order valence-corrected chi connectivity index (χ2v) is 11.2. The topological polar surface area (TPSA) is 69.1 Å². The molecule has 0 saturated carbocycles. The molecule has 40 heavy (non-hydrogen) atoms. The summed E-state index contributed by atoms with van der Waals surface area (Å²) < 4.78 is 19.2. The molecule has 0 amide bonds. The van der Waals surface area contributed by atoms with Crippen LogP contribution in [0.4, 0.5) is 0 Å². The number of nitrogens with zero attached hydrogens (tertiary/aromatic N) is 4. The van der Waals surface area contributed by atoms with E-state index >= 15 is 0 Å². The van der Waals surface area contributed by atoms with E-state index in [1.165, 1.54) is 38.8 Å². The van der Waals surface area contributed by atoms with Gasteiger partial charge in [-0.15, -0.1) is 0 Å². The van der Waals surface area contributed by atoms with E-state index < -0.39 is 0 Å². The number of benzene rings is 2. The molecule has 2 aliphatic heterocycles. The molecule has 216 valence electrons. The summed E-state index contributed by atoms with van der Waals surface area (Å²) in [6.07, 6.45) is 7.04. The van der Waals surface area contributed by atoms with Crippen LogP contribution in [0, 0.1) is 13.8 Å². The van der Waals surface area contributed by atoms with Gasteiger partial charge in [-0.3, -0.25) is 9.36 Å². The van der Waals surface area contributed by atoms with Gasteiger partial charge in [-0.2, -0.15) is 0 Å². The van der Waals surface area contributed by atoms with E-state index in [1.54, 1.807) is 20.3 Å². The summed E-state index contributed by atoms with van der Waals surface area (Å²) in [5.41, 5.74) is 3.51. The number of rotatable bonds is 12. The van der Waals surface area contributed by atoms with Crippen LogP contribution >= 0.6 is 0 Å². The molecular weight excluding hydrogens is 504 g/mol. The van der Waals surface area contributed by atoms with Crippen molar-refractivity contribution in [3.63, 3.8) is 0 Å².